The molecule has 42 heavy (non-hydrogen) atoms. The lowest BCUT2D eigenvalue weighted by Crippen LogP contribution is -2.60. The summed E-state index contributed by atoms with van der Waals surface area (Å²) in [7, 11) is 0. The van der Waals surface area contributed by atoms with E-state index in [0.29, 0.717) is 13.0 Å². The second-order valence-electron chi connectivity index (χ2n) is 13.9. The Morgan fingerprint density at radius 1 is 1.00 bits per heavy atom. The first-order chi connectivity index (χ1) is 19.2. The fourth-order valence-electron chi connectivity index (χ4n) is 5.52. The number of rotatable bonds is 12. The molecule has 12 nitrogen and oxygen atoms in total. The zero-order chi connectivity index (χ0) is 32.2. The molecule has 12 heteroatoms. The molecule has 1 saturated carbocycles. The Morgan fingerprint density at radius 2 is 1.60 bits per heavy atom. The quantitative estimate of drug-likeness (QED) is 0.152. The fraction of sp³-hybridized carbons (Fsp3) is 0.733. The molecule has 5 amide bonds. The van der Waals surface area contributed by atoms with E-state index in [2.05, 4.69) is 27.8 Å². The largest absolute Gasteiger partial charge is 0.444 e. The first-order valence-corrected chi connectivity index (χ1v) is 14.5. The van der Waals surface area contributed by atoms with Crippen LogP contribution < -0.4 is 21.3 Å². The number of fused-ring (bicyclic) bond motifs is 1. The minimum atomic E-state index is -1.13. The van der Waals surface area contributed by atoms with Gasteiger partial charge in [0, 0.05) is 26.6 Å². The van der Waals surface area contributed by atoms with E-state index in [1.165, 1.54) is 11.8 Å². The van der Waals surface area contributed by atoms with Crippen LogP contribution in [0.3, 0.4) is 0 Å². The number of carbonyl (C=O) groups is 6. The van der Waals surface area contributed by atoms with E-state index in [1.54, 1.807) is 26.8 Å². The summed E-state index contributed by atoms with van der Waals surface area (Å²) in [6, 6.07) is -2.99. The van der Waals surface area contributed by atoms with Gasteiger partial charge in [0.05, 0.1) is 6.04 Å². The van der Waals surface area contributed by atoms with Crippen molar-refractivity contribution in [3.63, 3.8) is 0 Å². The molecule has 1 aliphatic heterocycles. The van der Waals surface area contributed by atoms with Gasteiger partial charge in [-0.15, -0.1) is 6.58 Å². The Morgan fingerprint density at radius 3 is 2.12 bits per heavy atom. The van der Waals surface area contributed by atoms with Gasteiger partial charge in [-0.05, 0) is 56.3 Å². The molecule has 2 fully saturated rings. The van der Waals surface area contributed by atoms with E-state index in [9.17, 15) is 28.8 Å². The molecule has 2 rings (SSSR count). The van der Waals surface area contributed by atoms with Crippen LogP contribution in [0, 0.1) is 22.7 Å². The van der Waals surface area contributed by atoms with Crippen molar-refractivity contribution in [2.75, 3.05) is 19.6 Å². The van der Waals surface area contributed by atoms with Gasteiger partial charge in [0.2, 0.25) is 23.5 Å². The fourth-order valence-corrected chi connectivity index (χ4v) is 5.52. The van der Waals surface area contributed by atoms with Gasteiger partial charge in [-0.2, -0.15) is 0 Å². The summed E-state index contributed by atoms with van der Waals surface area (Å²) in [5.41, 5.74) is -1.66. The van der Waals surface area contributed by atoms with E-state index >= 15 is 0 Å². The molecular weight excluding hydrogens is 542 g/mol. The van der Waals surface area contributed by atoms with Crippen LogP contribution in [0.2, 0.25) is 0 Å². The maximum Gasteiger partial charge on any atom is 0.408 e. The van der Waals surface area contributed by atoms with Crippen LogP contribution in [-0.4, -0.2) is 83.8 Å². The molecule has 236 valence electrons. The Kier molecular flexibility index (Phi) is 11.0. The zero-order valence-corrected chi connectivity index (χ0v) is 26.5. The number of likely N-dealkylation sites (tertiary alicyclic amines) is 1. The first-order valence-electron chi connectivity index (χ1n) is 14.5. The van der Waals surface area contributed by atoms with Crippen LogP contribution in [0.1, 0.15) is 75.2 Å². The predicted molar refractivity (Wildman–Crippen MR) is 157 cm³/mol. The Bertz CT molecular complexity index is 1090. The van der Waals surface area contributed by atoms with Crippen molar-refractivity contribution in [2.24, 2.45) is 22.7 Å². The number of Topliss-reactive ketones (excluding diaryl/α,β-unsaturated/α-hetero) is 1. The summed E-state index contributed by atoms with van der Waals surface area (Å²) in [6.07, 6.45) is 1.37. The average molecular weight is 592 g/mol. The predicted octanol–water partition coefficient (Wildman–Crippen LogP) is 1.68. The van der Waals surface area contributed by atoms with Crippen molar-refractivity contribution in [1.82, 2.24) is 26.2 Å². The summed E-state index contributed by atoms with van der Waals surface area (Å²) < 4.78 is 5.40. The molecule has 0 radical (unpaired) electrons. The van der Waals surface area contributed by atoms with E-state index in [4.69, 9.17) is 4.74 Å². The number of nitrogens with one attached hydrogen (secondary N) is 4. The van der Waals surface area contributed by atoms with Crippen molar-refractivity contribution in [1.29, 1.82) is 0 Å². The number of nitrogens with zero attached hydrogens (tertiary/aromatic N) is 1. The molecule has 0 aromatic carbocycles. The highest BCUT2D eigenvalue weighted by Crippen LogP contribution is 2.65. The number of hydrogen-bond donors (Lipinski definition) is 4. The Hall–Kier alpha value is -3.44. The van der Waals surface area contributed by atoms with E-state index < -0.39 is 58.7 Å². The molecular formula is C30H49N5O7. The summed E-state index contributed by atoms with van der Waals surface area (Å²) in [5, 5.41) is 10.4. The van der Waals surface area contributed by atoms with Gasteiger partial charge >= 0.3 is 6.09 Å². The van der Waals surface area contributed by atoms with E-state index in [1.807, 2.05) is 34.6 Å². The number of carbonyl (C=O) groups excluding carboxylic acids is 6. The van der Waals surface area contributed by atoms with Gasteiger partial charge in [0.25, 0.3) is 5.91 Å². The summed E-state index contributed by atoms with van der Waals surface area (Å²) in [6.45, 7) is 20.2. The van der Waals surface area contributed by atoms with E-state index in [0.717, 1.165) is 0 Å². The van der Waals surface area contributed by atoms with E-state index in [-0.39, 0.29) is 42.7 Å². The third-order valence-electron chi connectivity index (χ3n) is 7.83. The van der Waals surface area contributed by atoms with Gasteiger partial charge in [-0.3, -0.25) is 24.0 Å². The van der Waals surface area contributed by atoms with Crippen LogP contribution in [0.15, 0.2) is 12.7 Å². The SMILES string of the molecule is C=CCCC(NC(=O)[C@@H]1[C@@H]2[C@H](CN1C(=O)[C@@H](NC(=O)OC(C)(C)C)C(C)(C)C)C2(C)C)C(=O)C(=O)NCCNC(C)=O. The van der Waals surface area contributed by atoms with Gasteiger partial charge in [0.15, 0.2) is 0 Å². The van der Waals surface area contributed by atoms with Crippen LogP contribution >= 0.6 is 0 Å². The van der Waals surface area contributed by atoms with Gasteiger partial charge in [-0.25, -0.2) is 4.79 Å². The summed E-state index contributed by atoms with van der Waals surface area (Å²) in [5.74, 6) is -2.99. The molecule has 1 aliphatic carbocycles. The molecule has 0 aromatic rings. The van der Waals surface area contributed by atoms with Gasteiger partial charge in [0.1, 0.15) is 17.7 Å². The molecule has 5 atom stereocenters. The first kappa shape index (κ1) is 34.8. The Balaban J connectivity index is 2.26. The molecule has 0 aromatic heterocycles. The normalized spacial score (nSPS) is 22.1. The lowest BCUT2D eigenvalue weighted by molar-refractivity contribution is -0.145. The minimum absolute atomic E-state index is 0.0496. The van der Waals surface area contributed by atoms with Crippen molar-refractivity contribution in [2.45, 2.75) is 98.9 Å². The minimum Gasteiger partial charge on any atom is -0.444 e. The molecule has 0 spiro atoms. The number of piperidine rings is 1. The van der Waals surface area contributed by atoms with Crippen molar-refractivity contribution >= 4 is 35.5 Å². The number of alkyl carbamates (subject to hydrolysis) is 1. The average Bonchev–Trinajstić information content (AvgIpc) is 3.18. The van der Waals surface area contributed by atoms with Crippen LogP contribution in [-0.2, 0) is 28.7 Å². The standard InChI is InChI=1S/C30H49N5O7/c1-11-12-13-19(22(37)25(39)32-15-14-31-17(2)36)33-24(38)21-20-18(30(20,9)10)16-35(21)26(40)23(28(3,4)5)34-27(41)42-29(6,7)8/h11,18-21,23H,1,12-16H2,2-10H3,(H,31,36)(H,32,39)(H,33,38)(H,34,41)/t18-,19?,20-,21-,23+/m0/s1. The van der Waals surface area contributed by atoms with Crippen molar-refractivity contribution in [3.05, 3.63) is 12.7 Å². The number of hydrogen-bond acceptors (Lipinski definition) is 7. The Labute approximate surface area is 249 Å². The second kappa shape index (κ2) is 13.2. The zero-order valence-electron chi connectivity index (χ0n) is 26.5. The maximum atomic E-state index is 14.0. The van der Waals surface area contributed by atoms with Crippen LogP contribution in [0.5, 0.6) is 0 Å². The number of amides is 5. The molecule has 0 bridgehead atoms. The van der Waals surface area contributed by atoms with Crippen molar-refractivity contribution < 1.29 is 33.5 Å². The molecule has 4 N–H and O–H groups in total. The summed E-state index contributed by atoms with van der Waals surface area (Å²) in [4.78, 5) is 78.6. The van der Waals surface area contributed by atoms with Crippen molar-refractivity contribution in [3.8, 4) is 0 Å². The maximum absolute atomic E-state index is 14.0. The number of ketones is 1. The smallest absolute Gasteiger partial charge is 0.408 e. The topological polar surface area (TPSA) is 163 Å². The van der Waals surface area contributed by atoms with Crippen LogP contribution in [0.4, 0.5) is 4.79 Å². The molecule has 2 aliphatic rings. The number of allylic oxidation sites excluding steroid dienone is 1. The number of ether oxygens (including phenoxy) is 1. The van der Waals surface area contributed by atoms with Gasteiger partial charge in [-0.1, -0.05) is 40.7 Å². The molecule has 1 saturated heterocycles. The summed E-state index contributed by atoms with van der Waals surface area (Å²) >= 11 is 0. The lowest BCUT2D eigenvalue weighted by atomic mass is 9.85. The highest BCUT2D eigenvalue weighted by atomic mass is 16.6. The van der Waals surface area contributed by atoms with Gasteiger partial charge < -0.3 is 30.9 Å². The highest BCUT2D eigenvalue weighted by Gasteiger charge is 2.70. The third-order valence-corrected chi connectivity index (χ3v) is 7.83. The lowest BCUT2D eigenvalue weighted by Gasteiger charge is -2.38. The van der Waals surface area contributed by atoms with Crippen LogP contribution in [0.25, 0.3) is 0 Å². The second-order valence-corrected chi connectivity index (χ2v) is 13.9. The molecule has 1 unspecified atom stereocenters. The highest BCUT2D eigenvalue weighted by molar-refractivity contribution is 6.38. The monoisotopic (exact) mass is 591 g/mol. The third kappa shape index (κ3) is 8.78. The molecule has 1 heterocycles.